The first-order valence-corrected chi connectivity index (χ1v) is 11.9. The zero-order chi connectivity index (χ0) is 21.8. The van der Waals surface area contributed by atoms with Crippen molar-refractivity contribution >= 4 is 21.8 Å². The van der Waals surface area contributed by atoms with Crippen LogP contribution in [0.5, 0.6) is 0 Å². The normalized spacial score (nSPS) is 22.1. The third-order valence-corrected chi connectivity index (χ3v) is 6.94. The lowest BCUT2D eigenvalue weighted by Gasteiger charge is -2.40. The minimum absolute atomic E-state index is 0.0148. The summed E-state index contributed by atoms with van der Waals surface area (Å²) < 4.78 is 21.1. The molecule has 2 atom stereocenters. The molecule has 0 spiro atoms. The topological polar surface area (TPSA) is 32.8 Å². The summed E-state index contributed by atoms with van der Waals surface area (Å²) in [6.07, 6.45) is 3.12. The summed E-state index contributed by atoms with van der Waals surface area (Å²) in [5.74, 6) is -0.00762. The van der Waals surface area contributed by atoms with Crippen LogP contribution in [0.2, 0.25) is 0 Å². The number of amides is 1. The fraction of sp³-hybridized carbons (Fsp3) is 0.480. The summed E-state index contributed by atoms with van der Waals surface area (Å²) in [5.41, 5.74) is 3.09. The number of ether oxygens (including phenoxy) is 1. The molecule has 0 aliphatic carbocycles. The molecule has 0 radical (unpaired) electrons. The monoisotopic (exact) mass is 488 g/mol. The smallest absolute Gasteiger partial charge is 0.236 e. The Kier molecular flexibility index (Phi) is 7.41. The number of piperidine rings is 1. The van der Waals surface area contributed by atoms with E-state index in [-0.39, 0.29) is 23.7 Å². The van der Waals surface area contributed by atoms with Crippen molar-refractivity contribution in [3.05, 3.63) is 69.4 Å². The van der Waals surface area contributed by atoms with Crippen LogP contribution in [0.1, 0.15) is 41.9 Å². The predicted octanol–water partition coefficient (Wildman–Crippen LogP) is 4.89. The molecule has 0 saturated carbocycles. The van der Waals surface area contributed by atoms with E-state index in [2.05, 4.69) is 33.0 Å². The number of hydrogen-bond acceptors (Lipinski definition) is 3. The van der Waals surface area contributed by atoms with Crippen LogP contribution in [-0.4, -0.2) is 54.5 Å². The van der Waals surface area contributed by atoms with Crippen molar-refractivity contribution in [1.29, 1.82) is 0 Å². The Morgan fingerprint density at radius 2 is 1.97 bits per heavy atom. The fourth-order valence-electron chi connectivity index (χ4n) is 4.77. The molecule has 2 heterocycles. The van der Waals surface area contributed by atoms with Crippen LogP contribution in [-0.2, 0) is 16.1 Å². The predicted molar refractivity (Wildman–Crippen MR) is 123 cm³/mol. The number of nitrogens with zero attached hydrogens (tertiary/aromatic N) is 2. The number of carbonyl (C=O) groups is 1. The SMILES string of the molecule is Cc1cc(F)ccc1C1CN(C(=O)CN2CCCC2)CCC1OCc1cccc(Br)c1. The van der Waals surface area contributed by atoms with Crippen molar-refractivity contribution in [3.8, 4) is 0 Å². The summed E-state index contributed by atoms with van der Waals surface area (Å²) in [6, 6.07) is 13.1. The van der Waals surface area contributed by atoms with Gasteiger partial charge in [0, 0.05) is 23.5 Å². The van der Waals surface area contributed by atoms with Crippen LogP contribution >= 0.6 is 15.9 Å². The van der Waals surface area contributed by atoms with Gasteiger partial charge in [0.2, 0.25) is 5.91 Å². The lowest BCUT2D eigenvalue weighted by atomic mass is 9.85. The van der Waals surface area contributed by atoms with Gasteiger partial charge in [-0.25, -0.2) is 4.39 Å². The average Bonchev–Trinajstić information content (AvgIpc) is 3.25. The van der Waals surface area contributed by atoms with Crippen LogP contribution in [0.4, 0.5) is 4.39 Å². The van der Waals surface area contributed by atoms with Gasteiger partial charge in [0.15, 0.2) is 0 Å². The fourth-order valence-corrected chi connectivity index (χ4v) is 5.22. The lowest BCUT2D eigenvalue weighted by Crippen LogP contribution is -2.48. The molecular weight excluding hydrogens is 459 g/mol. The van der Waals surface area contributed by atoms with E-state index in [0.717, 1.165) is 40.7 Å². The highest BCUT2D eigenvalue weighted by molar-refractivity contribution is 9.10. The van der Waals surface area contributed by atoms with Crippen molar-refractivity contribution in [2.75, 3.05) is 32.7 Å². The molecule has 2 aliphatic heterocycles. The maximum Gasteiger partial charge on any atom is 0.236 e. The first-order valence-electron chi connectivity index (χ1n) is 11.1. The van der Waals surface area contributed by atoms with E-state index in [0.29, 0.717) is 26.2 Å². The Morgan fingerprint density at radius 1 is 1.16 bits per heavy atom. The third-order valence-electron chi connectivity index (χ3n) is 6.44. The molecule has 6 heteroatoms. The van der Waals surface area contributed by atoms with Crippen LogP contribution in [0.3, 0.4) is 0 Å². The number of rotatable bonds is 6. The van der Waals surface area contributed by atoms with Gasteiger partial charge in [-0.1, -0.05) is 34.1 Å². The zero-order valence-electron chi connectivity index (χ0n) is 18.0. The van der Waals surface area contributed by atoms with Crippen molar-refractivity contribution in [1.82, 2.24) is 9.80 Å². The minimum Gasteiger partial charge on any atom is -0.373 e. The van der Waals surface area contributed by atoms with Gasteiger partial charge in [0.1, 0.15) is 5.82 Å². The second kappa shape index (κ2) is 10.2. The van der Waals surface area contributed by atoms with E-state index in [1.165, 1.54) is 18.9 Å². The van der Waals surface area contributed by atoms with Crippen LogP contribution in [0, 0.1) is 12.7 Å². The van der Waals surface area contributed by atoms with Gasteiger partial charge in [-0.2, -0.15) is 0 Å². The first-order chi connectivity index (χ1) is 15.0. The number of halogens is 2. The lowest BCUT2D eigenvalue weighted by molar-refractivity contribution is -0.135. The molecule has 0 N–H and O–H groups in total. The molecule has 2 unspecified atom stereocenters. The largest absolute Gasteiger partial charge is 0.373 e. The number of likely N-dealkylation sites (tertiary alicyclic amines) is 2. The summed E-state index contributed by atoms with van der Waals surface area (Å²) in [4.78, 5) is 17.2. The molecule has 2 aromatic carbocycles. The van der Waals surface area contributed by atoms with E-state index >= 15 is 0 Å². The molecule has 2 aromatic rings. The molecular formula is C25H30BrFN2O2. The second-order valence-corrected chi connectivity index (χ2v) is 9.61. The van der Waals surface area contributed by atoms with Crippen molar-refractivity contribution in [3.63, 3.8) is 0 Å². The van der Waals surface area contributed by atoms with Crippen molar-refractivity contribution in [2.24, 2.45) is 0 Å². The summed E-state index contributed by atoms with van der Waals surface area (Å²) in [6.45, 7) is 6.29. The maximum absolute atomic E-state index is 13.7. The number of hydrogen-bond donors (Lipinski definition) is 0. The second-order valence-electron chi connectivity index (χ2n) is 8.70. The Bertz CT molecular complexity index is 916. The number of benzene rings is 2. The van der Waals surface area contributed by atoms with Gasteiger partial charge in [-0.05, 0) is 80.2 Å². The van der Waals surface area contributed by atoms with Crippen molar-refractivity contribution < 1.29 is 13.9 Å². The molecule has 166 valence electrons. The van der Waals surface area contributed by atoms with E-state index in [4.69, 9.17) is 4.74 Å². The van der Waals surface area contributed by atoms with Crippen LogP contribution < -0.4 is 0 Å². The standard InChI is InChI=1S/C25H30BrFN2O2/c1-18-13-21(27)7-8-22(18)23-15-29(25(30)16-28-10-2-3-11-28)12-9-24(23)31-17-19-5-4-6-20(26)14-19/h4-8,13-14,23-24H,2-3,9-12,15-17H2,1H3. The van der Waals surface area contributed by atoms with Crippen LogP contribution in [0.25, 0.3) is 0 Å². The summed E-state index contributed by atoms with van der Waals surface area (Å²) >= 11 is 3.51. The van der Waals surface area contributed by atoms with Gasteiger partial charge in [-0.3, -0.25) is 9.69 Å². The van der Waals surface area contributed by atoms with Crippen molar-refractivity contribution in [2.45, 2.75) is 44.8 Å². The van der Waals surface area contributed by atoms with Gasteiger partial charge in [-0.15, -0.1) is 0 Å². The highest BCUT2D eigenvalue weighted by Crippen LogP contribution is 2.33. The summed E-state index contributed by atoms with van der Waals surface area (Å²) in [5, 5.41) is 0. The Labute approximate surface area is 192 Å². The van der Waals surface area contributed by atoms with E-state index < -0.39 is 0 Å². The molecule has 2 saturated heterocycles. The molecule has 2 fully saturated rings. The average molecular weight is 489 g/mol. The molecule has 0 bridgehead atoms. The molecule has 4 nitrogen and oxygen atoms in total. The van der Waals surface area contributed by atoms with E-state index in [1.54, 1.807) is 6.07 Å². The zero-order valence-corrected chi connectivity index (χ0v) is 19.6. The molecule has 1 amide bonds. The quantitative estimate of drug-likeness (QED) is 0.579. The van der Waals surface area contributed by atoms with E-state index in [1.807, 2.05) is 30.0 Å². The molecule has 0 aromatic heterocycles. The van der Waals surface area contributed by atoms with Crippen LogP contribution in [0.15, 0.2) is 46.9 Å². The highest BCUT2D eigenvalue weighted by Gasteiger charge is 2.34. The number of aryl methyl sites for hydroxylation is 1. The molecule has 4 rings (SSSR count). The highest BCUT2D eigenvalue weighted by atomic mass is 79.9. The Morgan fingerprint density at radius 3 is 2.71 bits per heavy atom. The van der Waals surface area contributed by atoms with Gasteiger partial charge in [0.05, 0.1) is 19.3 Å². The Balaban J connectivity index is 1.49. The van der Waals surface area contributed by atoms with Gasteiger partial charge >= 0.3 is 0 Å². The molecule has 2 aliphatic rings. The summed E-state index contributed by atoms with van der Waals surface area (Å²) in [7, 11) is 0. The van der Waals surface area contributed by atoms with Gasteiger partial charge in [0.25, 0.3) is 0 Å². The van der Waals surface area contributed by atoms with Gasteiger partial charge < -0.3 is 9.64 Å². The third kappa shape index (κ3) is 5.73. The Hall–Kier alpha value is -1.76. The minimum atomic E-state index is -0.231. The number of carbonyl (C=O) groups excluding carboxylic acids is 1. The molecule has 31 heavy (non-hydrogen) atoms. The van der Waals surface area contributed by atoms with E-state index in [9.17, 15) is 9.18 Å². The maximum atomic E-state index is 13.7. The first kappa shape index (κ1) is 22.4.